The fourth-order valence-electron chi connectivity index (χ4n) is 2.35. The second-order valence-electron chi connectivity index (χ2n) is 5.88. The van der Waals surface area contributed by atoms with E-state index < -0.39 is 0 Å². The molecule has 0 radical (unpaired) electrons. The van der Waals surface area contributed by atoms with E-state index in [0.717, 1.165) is 0 Å². The Balaban J connectivity index is 3.07. The Morgan fingerprint density at radius 1 is 0.632 bits per heavy atom. The molecule has 0 aliphatic carbocycles. The first-order valence-electron chi connectivity index (χ1n) is 8.70. The fourth-order valence-corrected chi connectivity index (χ4v) is 2.35. The lowest BCUT2D eigenvalue weighted by Gasteiger charge is -2.16. The second-order valence-corrected chi connectivity index (χ2v) is 5.88. The third-order valence-electron chi connectivity index (χ3n) is 3.74. The monoisotopic (exact) mass is 270 g/mol. The van der Waals surface area contributed by atoms with Gasteiger partial charge in [-0.25, -0.2) is 0 Å². The lowest BCUT2D eigenvalue weighted by Crippen LogP contribution is -2.23. The van der Waals surface area contributed by atoms with Gasteiger partial charge >= 0.3 is 0 Å². The van der Waals surface area contributed by atoms with Gasteiger partial charge in [0, 0.05) is 0 Å². The minimum absolute atomic E-state index is 1.20. The molecule has 0 saturated carbocycles. The highest BCUT2D eigenvalue weighted by atomic mass is 15.1. The van der Waals surface area contributed by atoms with Crippen molar-refractivity contribution < 1.29 is 0 Å². The van der Waals surface area contributed by atoms with E-state index in [9.17, 15) is 0 Å². The van der Waals surface area contributed by atoms with Crippen LogP contribution in [-0.2, 0) is 0 Å². The molecule has 0 fully saturated rings. The molecular formula is C17H38N2. The molecule has 1 N–H and O–H groups in total. The first-order valence-corrected chi connectivity index (χ1v) is 8.70. The summed E-state index contributed by atoms with van der Waals surface area (Å²) in [5.74, 6) is 0. The number of nitrogens with one attached hydrogen (secondary N) is 1. The molecule has 19 heavy (non-hydrogen) atoms. The van der Waals surface area contributed by atoms with E-state index in [1.54, 1.807) is 0 Å². The average Bonchev–Trinajstić information content (AvgIpc) is 2.42. The summed E-state index contributed by atoms with van der Waals surface area (Å²) in [7, 11) is 2.27. The van der Waals surface area contributed by atoms with E-state index in [0.29, 0.717) is 0 Å². The highest BCUT2D eigenvalue weighted by Gasteiger charge is 1.98. The van der Waals surface area contributed by atoms with Crippen LogP contribution < -0.4 is 5.32 Å². The number of hydrogen-bond donors (Lipinski definition) is 1. The molecule has 0 amide bonds. The summed E-state index contributed by atoms with van der Waals surface area (Å²) >= 11 is 0. The molecule has 0 atom stereocenters. The van der Waals surface area contributed by atoms with Gasteiger partial charge in [0.15, 0.2) is 0 Å². The zero-order valence-electron chi connectivity index (χ0n) is 13.8. The quantitative estimate of drug-likeness (QED) is 0.442. The Bertz CT molecular complexity index is 159. The maximum Gasteiger partial charge on any atom is -0.00213 e. The molecule has 0 aliphatic heterocycles. The van der Waals surface area contributed by atoms with Gasteiger partial charge in [-0.1, -0.05) is 52.4 Å². The van der Waals surface area contributed by atoms with Crippen LogP contribution in [-0.4, -0.2) is 38.1 Å². The molecule has 0 aliphatic rings. The minimum atomic E-state index is 1.20. The average molecular weight is 271 g/mol. The van der Waals surface area contributed by atoms with Gasteiger partial charge in [0.05, 0.1) is 0 Å². The van der Waals surface area contributed by atoms with E-state index in [1.165, 1.54) is 90.4 Å². The summed E-state index contributed by atoms with van der Waals surface area (Å²) in [5.41, 5.74) is 0. The Labute approximate surface area is 122 Å². The number of rotatable bonds is 15. The molecule has 0 unspecified atom stereocenters. The standard InChI is InChI=1S/C17H38N2/c1-4-6-8-10-14-18-15-11-13-17-19(3)16-12-9-7-5-2/h18H,4-17H2,1-3H3. The first-order chi connectivity index (χ1) is 9.31. The zero-order chi connectivity index (χ0) is 14.2. The van der Waals surface area contributed by atoms with Crippen LogP contribution in [0.4, 0.5) is 0 Å². The second kappa shape index (κ2) is 16.0. The number of unbranched alkanes of at least 4 members (excludes halogenated alkanes) is 7. The third kappa shape index (κ3) is 15.9. The van der Waals surface area contributed by atoms with Crippen molar-refractivity contribution in [3.8, 4) is 0 Å². The van der Waals surface area contributed by atoms with Gasteiger partial charge in [-0.3, -0.25) is 0 Å². The Morgan fingerprint density at radius 2 is 1.11 bits per heavy atom. The van der Waals surface area contributed by atoms with Crippen LogP contribution in [0.15, 0.2) is 0 Å². The van der Waals surface area contributed by atoms with Gasteiger partial charge in [-0.15, -0.1) is 0 Å². The van der Waals surface area contributed by atoms with Gasteiger partial charge in [0.2, 0.25) is 0 Å². The lowest BCUT2D eigenvalue weighted by molar-refractivity contribution is 0.316. The SMILES string of the molecule is CCCCCCNCCCCN(C)CCCCCC. The molecule has 116 valence electrons. The predicted molar refractivity (Wildman–Crippen MR) is 87.9 cm³/mol. The molecule has 0 bridgehead atoms. The Kier molecular flexibility index (Phi) is 15.9. The smallest absolute Gasteiger partial charge is 0.00213 e. The van der Waals surface area contributed by atoms with E-state index in [1.807, 2.05) is 0 Å². The minimum Gasteiger partial charge on any atom is -0.317 e. The third-order valence-corrected chi connectivity index (χ3v) is 3.74. The largest absolute Gasteiger partial charge is 0.317 e. The van der Waals surface area contributed by atoms with Crippen LogP contribution in [0.3, 0.4) is 0 Å². The maximum atomic E-state index is 3.56. The van der Waals surface area contributed by atoms with Crippen molar-refractivity contribution in [1.29, 1.82) is 0 Å². The molecule has 0 aromatic rings. The zero-order valence-corrected chi connectivity index (χ0v) is 13.8. The van der Waals surface area contributed by atoms with Gasteiger partial charge in [0.25, 0.3) is 0 Å². The van der Waals surface area contributed by atoms with Crippen molar-refractivity contribution in [1.82, 2.24) is 10.2 Å². The molecule has 0 heterocycles. The van der Waals surface area contributed by atoms with Gasteiger partial charge in [0.1, 0.15) is 0 Å². The van der Waals surface area contributed by atoms with Crippen LogP contribution in [0.25, 0.3) is 0 Å². The van der Waals surface area contributed by atoms with Crippen LogP contribution in [0.5, 0.6) is 0 Å². The topological polar surface area (TPSA) is 15.3 Å². The Hall–Kier alpha value is -0.0800. The molecule has 0 rings (SSSR count). The summed E-state index contributed by atoms with van der Waals surface area (Å²) in [6, 6.07) is 0. The summed E-state index contributed by atoms with van der Waals surface area (Å²) < 4.78 is 0. The predicted octanol–water partition coefficient (Wildman–Crippen LogP) is 4.45. The highest BCUT2D eigenvalue weighted by molar-refractivity contribution is 4.55. The lowest BCUT2D eigenvalue weighted by atomic mass is 10.2. The van der Waals surface area contributed by atoms with Gasteiger partial charge in [-0.05, 0) is 58.9 Å². The summed E-state index contributed by atoms with van der Waals surface area (Å²) in [6.07, 6.45) is 13.7. The molecule has 2 nitrogen and oxygen atoms in total. The van der Waals surface area contributed by atoms with Crippen molar-refractivity contribution in [3.63, 3.8) is 0 Å². The highest BCUT2D eigenvalue weighted by Crippen LogP contribution is 2.01. The summed E-state index contributed by atoms with van der Waals surface area (Å²) in [4.78, 5) is 2.50. The first kappa shape index (κ1) is 18.9. The molecular weight excluding hydrogens is 232 g/mol. The van der Waals surface area contributed by atoms with Crippen molar-refractivity contribution in [2.45, 2.75) is 78.1 Å². The van der Waals surface area contributed by atoms with Crippen LogP contribution in [0.2, 0.25) is 0 Å². The van der Waals surface area contributed by atoms with E-state index in [4.69, 9.17) is 0 Å². The molecule has 2 heteroatoms. The fraction of sp³-hybridized carbons (Fsp3) is 1.00. The normalized spacial score (nSPS) is 11.4. The van der Waals surface area contributed by atoms with E-state index in [2.05, 4.69) is 31.1 Å². The Morgan fingerprint density at radius 3 is 1.68 bits per heavy atom. The van der Waals surface area contributed by atoms with Crippen molar-refractivity contribution in [2.75, 3.05) is 33.2 Å². The number of nitrogens with zero attached hydrogens (tertiary/aromatic N) is 1. The molecule has 0 saturated heterocycles. The van der Waals surface area contributed by atoms with Crippen LogP contribution in [0, 0.1) is 0 Å². The molecule has 0 spiro atoms. The summed E-state index contributed by atoms with van der Waals surface area (Å²) in [6.45, 7) is 9.52. The van der Waals surface area contributed by atoms with Crippen molar-refractivity contribution in [3.05, 3.63) is 0 Å². The van der Waals surface area contributed by atoms with Crippen molar-refractivity contribution in [2.24, 2.45) is 0 Å². The van der Waals surface area contributed by atoms with E-state index in [-0.39, 0.29) is 0 Å². The summed E-state index contributed by atoms with van der Waals surface area (Å²) in [5, 5.41) is 3.56. The molecule has 0 aromatic heterocycles. The molecule has 0 aromatic carbocycles. The van der Waals surface area contributed by atoms with Crippen molar-refractivity contribution >= 4 is 0 Å². The van der Waals surface area contributed by atoms with Crippen LogP contribution >= 0.6 is 0 Å². The maximum absolute atomic E-state index is 3.56. The number of hydrogen-bond acceptors (Lipinski definition) is 2. The van der Waals surface area contributed by atoms with Gasteiger partial charge in [-0.2, -0.15) is 0 Å². The van der Waals surface area contributed by atoms with Crippen LogP contribution in [0.1, 0.15) is 78.1 Å². The van der Waals surface area contributed by atoms with Gasteiger partial charge < -0.3 is 10.2 Å². The van der Waals surface area contributed by atoms with E-state index >= 15 is 0 Å².